The molecule has 0 unspecified atom stereocenters. The summed E-state index contributed by atoms with van der Waals surface area (Å²) in [5.74, 6) is 5.21. The quantitative estimate of drug-likeness (QED) is 0.320. The van der Waals surface area contributed by atoms with Gasteiger partial charge in [0.2, 0.25) is 0 Å². The molecule has 0 heterocycles. The Morgan fingerprint density at radius 1 is 1.86 bits per heavy atom. The van der Waals surface area contributed by atoms with Crippen LogP contribution in [0.15, 0.2) is 0 Å². The second kappa shape index (κ2) is 4.05. The van der Waals surface area contributed by atoms with Crippen LogP contribution in [0.1, 0.15) is 6.92 Å². The van der Waals surface area contributed by atoms with E-state index < -0.39 is 0 Å². The van der Waals surface area contributed by atoms with Crippen LogP contribution in [0.4, 0.5) is 0 Å². The van der Waals surface area contributed by atoms with Crippen molar-refractivity contribution in [3.05, 3.63) is 0 Å². The minimum absolute atomic E-state index is 0.199. The second-order valence-electron chi connectivity index (χ2n) is 1.70. The Hall–Kier alpha value is -0.120. The van der Waals surface area contributed by atoms with E-state index >= 15 is 0 Å². The SMILES string of the molecule is C[C@H](CO)CNN. The first-order valence-electron chi connectivity index (χ1n) is 2.35. The van der Waals surface area contributed by atoms with Gasteiger partial charge in [-0.3, -0.25) is 11.3 Å². The van der Waals surface area contributed by atoms with Gasteiger partial charge in [0, 0.05) is 13.2 Å². The van der Waals surface area contributed by atoms with E-state index in [1.807, 2.05) is 6.92 Å². The van der Waals surface area contributed by atoms with Crippen LogP contribution < -0.4 is 11.3 Å². The Morgan fingerprint density at radius 2 is 2.43 bits per heavy atom. The van der Waals surface area contributed by atoms with E-state index in [-0.39, 0.29) is 12.5 Å². The highest BCUT2D eigenvalue weighted by molar-refractivity contribution is 4.48. The molecule has 3 heteroatoms. The number of hydrogen-bond acceptors (Lipinski definition) is 3. The number of rotatable bonds is 3. The van der Waals surface area contributed by atoms with Crippen molar-refractivity contribution < 1.29 is 5.11 Å². The highest BCUT2D eigenvalue weighted by Crippen LogP contribution is 1.85. The number of nitrogens with two attached hydrogens (primary N) is 1. The van der Waals surface area contributed by atoms with E-state index in [2.05, 4.69) is 5.43 Å². The summed E-state index contributed by atoms with van der Waals surface area (Å²) in [6, 6.07) is 0. The van der Waals surface area contributed by atoms with Gasteiger partial charge in [0.05, 0.1) is 0 Å². The van der Waals surface area contributed by atoms with Crippen LogP contribution in [-0.4, -0.2) is 18.3 Å². The van der Waals surface area contributed by atoms with Gasteiger partial charge >= 0.3 is 0 Å². The largest absolute Gasteiger partial charge is 0.396 e. The zero-order chi connectivity index (χ0) is 5.70. The van der Waals surface area contributed by atoms with Crippen molar-refractivity contribution in [1.82, 2.24) is 5.43 Å². The summed E-state index contributed by atoms with van der Waals surface area (Å²) in [5.41, 5.74) is 2.46. The van der Waals surface area contributed by atoms with Crippen LogP contribution in [0.2, 0.25) is 0 Å². The van der Waals surface area contributed by atoms with E-state index in [9.17, 15) is 0 Å². The molecule has 0 aliphatic rings. The molecule has 0 aromatic carbocycles. The van der Waals surface area contributed by atoms with Gasteiger partial charge in [-0.15, -0.1) is 0 Å². The first-order valence-corrected chi connectivity index (χ1v) is 2.35. The van der Waals surface area contributed by atoms with Crippen LogP contribution in [0.5, 0.6) is 0 Å². The molecule has 0 amide bonds. The third kappa shape index (κ3) is 3.72. The molecule has 0 spiro atoms. The van der Waals surface area contributed by atoms with Crippen molar-refractivity contribution in [3.8, 4) is 0 Å². The van der Waals surface area contributed by atoms with E-state index in [0.29, 0.717) is 6.54 Å². The van der Waals surface area contributed by atoms with Crippen molar-refractivity contribution in [3.63, 3.8) is 0 Å². The molecule has 0 aromatic rings. The number of hydrogen-bond donors (Lipinski definition) is 3. The molecular weight excluding hydrogens is 92.1 g/mol. The summed E-state index contributed by atoms with van der Waals surface area (Å²) in [6.07, 6.45) is 0. The topological polar surface area (TPSA) is 58.3 Å². The lowest BCUT2D eigenvalue weighted by atomic mass is 10.2. The molecule has 3 nitrogen and oxygen atoms in total. The Labute approximate surface area is 43.5 Å². The molecule has 0 fully saturated rings. The van der Waals surface area contributed by atoms with Crippen LogP contribution in [0, 0.1) is 5.92 Å². The summed E-state index contributed by atoms with van der Waals surface area (Å²) in [5, 5.41) is 8.37. The standard InChI is InChI=1S/C4H12N2O/c1-4(3-7)2-6-5/h4,6-7H,2-3,5H2,1H3/t4-/m0/s1. The zero-order valence-corrected chi connectivity index (χ0v) is 4.52. The van der Waals surface area contributed by atoms with Crippen LogP contribution in [-0.2, 0) is 0 Å². The molecule has 0 radical (unpaired) electrons. The monoisotopic (exact) mass is 104 g/mol. The summed E-state index contributed by atoms with van der Waals surface area (Å²) >= 11 is 0. The van der Waals surface area contributed by atoms with Gasteiger partial charge in [0.15, 0.2) is 0 Å². The summed E-state index contributed by atoms with van der Waals surface area (Å²) in [7, 11) is 0. The summed E-state index contributed by atoms with van der Waals surface area (Å²) in [6.45, 7) is 2.79. The number of nitrogens with one attached hydrogen (secondary N) is 1. The number of aliphatic hydroxyl groups is 1. The van der Waals surface area contributed by atoms with E-state index in [1.54, 1.807) is 0 Å². The predicted molar refractivity (Wildman–Crippen MR) is 28.4 cm³/mol. The first kappa shape index (κ1) is 6.88. The molecule has 7 heavy (non-hydrogen) atoms. The molecular formula is C4H12N2O. The maximum absolute atomic E-state index is 8.37. The fourth-order valence-electron chi connectivity index (χ4n) is 0.266. The molecule has 44 valence electrons. The molecule has 0 aliphatic heterocycles. The van der Waals surface area contributed by atoms with Gasteiger partial charge in [0.1, 0.15) is 0 Å². The van der Waals surface area contributed by atoms with Crippen LogP contribution in [0.3, 0.4) is 0 Å². The normalized spacial score (nSPS) is 14.1. The summed E-state index contributed by atoms with van der Waals surface area (Å²) in [4.78, 5) is 0. The van der Waals surface area contributed by atoms with Gasteiger partial charge in [-0.25, -0.2) is 0 Å². The van der Waals surface area contributed by atoms with Crippen molar-refractivity contribution in [2.24, 2.45) is 11.8 Å². The molecule has 0 saturated carbocycles. The van der Waals surface area contributed by atoms with E-state index in [4.69, 9.17) is 10.9 Å². The van der Waals surface area contributed by atoms with Crippen molar-refractivity contribution in [2.45, 2.75) is 6.92 Å². The van der Waals surface area contributed by atoms with Gasteiger partial charge in [-0.05, 0) is 5.92 Å². The van der Waals surface area contributed by atoms with E-state index in [0.717, 1.165) is 0 Å². The average Bonchev–Trinajstić information content (AvgIpc) is 1.68. The maximum atomic E-state index is 8.37. The Balaban J connectivity index is 2.83. The predicted octanol–water partition coefficient (Wildman–Crippen LogP) is -0.922. The lowest BCUT2D eigenvalue weighted by Gasteiger charge is -2.03. The average molecular weight is 104 g/mol. The van der Waals surface area contributed by atoms with Gasteiger partial charge in [-0.1, -0.05) is 6.92 Å². The summed E-state index contributed by atoms with van der Waals surface area (Å²) < 4.78 is 0. The van der Waals surface area contributed by atoms with Gasteiger partial charge < -0.3 is 5.11 Å². The Bertz CT molecular complexity index is 40.7. The Morgan fingerprint density at radius 3 is 2.57 bits per heavy atom. The van der Waals surface area contributed by atoms with Crippen LogP contribution >= 0.6 is 0 Å². The molecule has 0 aromatic heterocycles. The highest BCUT2D eigenvalue weighted by Gasteiger charge is 1.93. The van der Waals surface area contributed by atoms with Gasteiger partial charge in [0.25, 0.3) is 0 Å². The molecule has 0 rings (SSSR count). The molecule has 4 N–H and O–H groups in total. The fraction of sp³-hybridized carbons (Fsp3) is 1.00. The molecule has 0 aliphatic carbocycles. The van der Waals surface area contributed by atoms with Crippen molar-refractivity contribution in [1.29, 1.82) is 0 Å². The minimum atomic E-state index is 0.199. The number of hydrazine groups is 1. The third-order valence-corrected chi connectivity index (χ3v) is 0.778. The zero-order valence-electron chi connectivity index (χ0n) is 4.52. The molecule has 0 bridgehead atoms. The first-order chi connectivity index (χ1) is 3.31. The lowest BCUT2D eigenvalue weighted by molar-refractivity contribution is 0.234. The van der Waals surface area contributed by atoms with Crippen molar-refractivity contribution in [2.75, 3.05) is 13.2 Å². The maximum Gasteiger partial charge on any atom is 0.0469 e. The van der Waals surface area contributed by atoms with Crippen LogP contribution in [0.25, 0.3) is 0 Å². The lowest BCUT2D eigenvalue weighted by Crippen LogP contribution is -2.28. The minimum Gasteiger partial charge on any atom is -0.396 e. The smallest absolute Gasteiger partial charge is 0.0469 e. The molecule has 0 saturated heterocycles. The van der Waals surface area contributed by atoms with E-state index in [1.165, 1.54) is 0 Å². The number of aliphatic hydroxyl groups excluding tert-OH is 1. The second-order valence-corrected chi connectivity index (χ2v) is 1.70. The van der Waals surface area contributed by atoms with Gasteiger partial charge in [-0.2, -0.15) is 0 Å². The Kier molecular flexibility index (Phi) is 3.98. The third-order valence-electron chi connectivity index (χ3n) is 0.778. The highest BCUT2D eigenvalue weighted by atomic mass is 16.3. The molecule has 1 atom stereocenters. The fourth-order valence-corrected chi connectivity index (χ4v) is 0.266. The van der Waals surface area contributed by atoms with Crippen molar-refractivity contribution >= 4 is 0 Å².